The monoisotopic (exact) mass is 549 g/mol. The van der Waals surface area contributed by atoms with Crippen molar-refractivity contribution in [3.05, 3.63) is 94.9 Å². The highest BCUT2D eigenvalue weighted by Crippen LogP contribution is 2.35. The number of hydrogen-bond donors (Lipinski definition) is 1. The van der Waals surface area contributed by atoms with Gasteiger partial charge in [0, 0.05) is 52.5 Å². The Hall–Kier alpha value is -2.93. The van der Waals surface area contributed by atoms with Crippen molar-refractivity contribution in [1.82, 2.24) is 5.32 Å². The summed E-state index contributed by atoms with van der Waals surface area (Å²) in [6.45, 7) is 6.17. The predicted octanol–water partition coefficient (Wildman–Crippen LogP) is 6.60. The summed E-state index contributed by atoms with van der Waals surface area (Å²) in [5.41, 5.74) is 3.50. The van der Waals surface area contributed by atoms with Crippen molar-refractivity contribution in [2.45, 2.75) is 31.3 Å². The molecule has 2 aromatic carbocycles. The lowest BCUT2D eigenvalue weighted by molar-refractivity contribution is -0.930. The van der Waals surface area contributed by atoms with Gasteiger partial charge in [0.25, 0.3) is 5.92 Å². The Morgan fingerprint density at radius 2 is 1.85 bits per heavy atom. The van der Waals surface area contributed by atoms with E-state index in [1.165, 1.54) is 10.8 Å². The van der Waals surface area contributed by atoms with Gasteiger partial charge in [-0.25, -0.2) is 13.6 Å². The number of alkyl halides is 2. The number of allylic oxidation sites excluding steroid dienone is 3. The third-order valence-corrected chi connectivity index (χ3v) is 8.86. The summed E-state index contributed by atoms with van der Waals surface area (Å²) in [6, 6.07) is 18.0. The Morgan fingerprint density at radius 1 is 1.08 bits per heavy atom. The second-order valence-electron chi connectivity index (χ2n) is 10.5. The molecule has 4 nitrogen and oxygen atoms in total. The standard InChI is InChI=1S/C32H35F2N2O2S/c33-32(34)14-12-26(13-15-32)31(25-7-2-1-3-8-25)38-22-21-36(19-16-35-17-20-36)18-6-9-27(23-37)29-24-39-30-11-5-4-10-28(29)30/h1-5,7-8,10-14,24,31,35H,6,9,15-22H2/q+1. The van der Waals surface area contributed by atoms with Gasteiger partial charge in [-0.1, -0.05) is 60.7 Å². The van der Waals surface area contributed by atoms with Gasteiger partial charge in [-0.15, -0.1) is 11.3 Å². The van der Waals surface area contributed by atoms with Crippen LogP contribution < -0.4 is 5.32 Å². The van der Waals surface area contributed by atoms with Gasteiger partial charge in [-0.05, 0) is 29.7 Å². The molecule has 7 heteroatoms. The molecule has 1 saturated heterocycles. The van der Waals surface area contributed by atoms with E-state index >= 15 is 0 Å². The van der Waals surface area contributed by atoms with E-state index < -0.39 is 5.92 Å². The first-order chi connectivity index (χ1) is 19.0. The van der Waals surface area contributed by atoms with Crippen molar-refractivity contribution in [2.75, 3.05) is 45.9 Å². The fourth-order valence-electron chi connectivity index (χ4n) is 5.65. The summed E-state index contributed by atoms with van der Waals surface area (Å²) in [4.78, 5) is 11.9. The van der Waals surface area contributed by atoms with Gasteiger partial charge < -0.3 is 14.5 Å². The maximum absolute atomic E-state index is 13.8. The summed E-state index contributed by atoms with van der Waals surface area (Å²) < 4.78 is 36.1. The van der Waals surface area contributed by atoms with Crippen LogP contribution in [0.25, 0.3) is 15.7 Å². The number of hydrogen-bond acceptors (Lipinski definition) is 4. The molecule has 0 bridgehead atoms. The third kappa shape index (κ3) is 6.81. The Bertz CT molecular complexity index is 1370. The second-order valence-corrected chi connectivity index (χ2v) is 11.4. The van der Waals surface area contributed by atoms with Crippen molar-refractivity contribution in [3.63, 3.8) is 0 Å². The highest BCUT2D eigenvalue weighted by Gasteiger charge is 2.32. The van der Waals surface area contributed by atoms with Crippen LogP contribution in [0.2, 0.25) is 0 Å². The number of halogens is 2. The van der Waals surface area contributed by atoms with Crippen LogP contribution in [0.1, 0.15) is 36.5 Å². The molecule has 1 fully saturated rings. The SMILES string of the molecule is O=C=C(CCC[N+]1(CCOC(C2=CCC(F)(F)C=C2)c2ccccc2)CCNCC1)c1csc2ccccc12. The third-order valence-electron chi connectivity index (χ3n) is 7.90. The Balaban J connectivity index is 1.24. The van der Waals surface area contributed by atoms with E-state index in [4.69, 9.17) is 4.74 Å². The van der Waals surface area contributed by atoms with Crippen LogP contribution in [0.15, 0.2) is 83.8 Å². The van der Waals surface area contributed by atoms with Gasteiger partial charge in [-0.2, -0.15) is 0 Å². The van der Waals surface area contributed by atoms with E-state index in [9.17, 15) is 13.6 Å². The highest BCUT2D eigenvalue weighted by atomic mass is 32.1. The number of nitrogens with zero attached hydrogens (tertiary/aromatic N) is 1. The first kappa shape index (κ1) is 27.6. The quantitative estimate of drug-likeness (QED) is 0.217. The molecular formula is C32H35F2N2O2S+. The lowest BCUT2D eigenvalue weighted by Gasteiger charge is -2.42. The number of quaternary nitrogens is 1. The fourth-order valence-corrected chi connectivity index (χ4v) is 6.63. The van der Waals surface area contributed by atoms with Crippen LogP contribution in [0.4, 0.5) is 8.78 Å². The van der Waals surface area contributed by atoms with Crippen LogP contribution in [0, 0.1) is 0 Å². The normalized spacial score (nSPS) is 18.9. The van der Waals surface area contributed by atoms with E-state index in [1.807, 2.05) is 42.5 Å². The number of carbonyl (C=O) groups excluding carboxylic acids is 1. The molecule has 1 aromatic heterocycles. The van der Waals surface area contributed by atoms with E-state index in [2.05, 4.69) is 28.8 Å². The van der Waals surface area contributed by atoms with Crippen LogP contribution in [-0.2, 0) is 9.53 Å². The van der Waals surface area contributed by atoms with Gasteiger partial charge in [0.1, 0.15) is 18.6 Å². The molecule has 1 aliphatic heterocycles. The molecule has 1 atom stereocenters. The van der Waals surface area contributed by atoms with E-state index in [1.54, 1.807) is 17.4 Å². The average Bonchev–Trinajstić information content (AvgIpc) is 3.39. The van der Waals surface area contributed by atoms with Crippen LogP contribution in [0.5, 0.6) is 0 Å². The highest BCUT2D eigenvalue weighted by molar-refractivity contribution is 7.17. The minimum atomic E-state index is -2.80. The molecule has 5 rings (SSSR count). The van der Waals surface area contributed by atoms with E-state index in [0.29, 0.717) is 13.0 Å². The molecule has 3 aromatic rings. The first-order valence-corrected chi connectivity index (χ1v) is 14.6. The van der Waals surface area contributed by atoms with Crippen molar-refractivity contribution in [3.8, 4) is 0 Å². The zero-order chi connectivity index (χ0) is 27.1. The fraction of sp³-hybridized carbons (Fsp3) is 0.375. The molecular weight excluding hydrogens is 514 g/mol. The molecule has 2 aliphatic rings. The predicted molar refractivity (Wildman–Crippen MR) is 155 cm³/mol. The molecule has 0 radical (unpaired) electrons. The van der Waals surface area contributed by atoms with Crippen molar-refractivity contribution in [1.29, 1.82) is 0 Å². The Morgan fingerprint density at radius 3 is 2.59 bits per heavy atom. The Kier molecular flexibility index (Phi) is 8.85. The summed E-state index contributed by atoms with van der Waals surface area (Å²) in [5, 5.41) is 6.66. The van der Waals surface area contributed by atoms with Crippen LogP contribution in [-0.4, -0.2) is 62.2 Å². The average molecular weight is 550 g/mol. The molecule has 1 aliphatic carbocycles. The molecule has 1 unspecified atom stereocenters. The van der Waals surface area contributed by atoms with Crippen molar-refractivity contribution in [2.24, 2.45) is 0 Å². The zero-order valence-corrected chi connectivity index (χ0v) is 22.9. The summed E-state index contributed by atoms with van der Waals surface area (Å²) >= 11 is 1.66. The first-order valence-electron chi connectivity index (χ1n) is 13.7. The lowest BCUT2D eigenvalue weighted by atomic mass is 9.95. The van der Waals surface area contributed by atoms with Gasteiger partial charge in [0.15, 0.2) is 0 Å². The van der Waals surface area contributed by atoms with Crippen LogP contribution >= 0.6 is 11.3 Å². The number of piperazine rings is 1. The largest absolute Gasteiger partial charge is 0.363 e. The van der Waals surface area contributed by atoms with E-state index in [0.717, 1.165) is 83.9 Å². The van der Waals surface area contributed by atoms with Gasteiger partial charge in [0.05, 0.1) is 26.2 Å². The van der Waals surface area contributed by atoms with Crippen molar-refractivity contribution < 1.29 is 22.8 Å². The Labute approximate surface area is 232 Å². The second kappa shape index (κ2) is 12.5. The summed E-state index contributed by atoms with van der Waals surface area (Å²) in [6.07, 6.45) is 5.00. The van der Waals surface area contributed by atoms with E-state index in [-0.39, 0.29) is 12.5 Å². The van der Waals surface area contributed by atoms with Crippen molar-refractivity contribution >= 4 is 32.9 Å². The van der Waals surface area contributed by atoms with Crippen LogP contribution in [0.3, 0.4) is 0 Å². The molecule has 0 saturated carbocycles. The molecule has 1 N–H and O–H groups in total. The summed E-state index contributed by atoms with van der Waals surface area (Å²) in [5.74, 6) is -0.572. The van der Waals surface area contributed by atoms with Gasteiger partial charge in [-0.3, -0.25) is 0 Å². The van der Waals surface area contributed by atoms with Gasteiger partial charge in [0.2, 0.25) is 0 Å². The number of nitrogens with one attached hydrogen (secondary N) is 1. The molecule has 0 amide bonds. The minimum absolute atomic E-state index is 0.302. The smallest absolute Gasteiger partial charge is 0.270 e. The number of ether oxygens (including phenoxy) is 1. The number of benzene rings is 2. The maximum atomic E-state index is 13.8. The summed E-state index contributed by atoms with van der Waals surface area (Å²) in [7, 11) is 0. The molecule has 204 valence electrons. The lowest BCUT2D eigenvalue weighted by Crippen LogP contribution is -2.60. The number of fused-ring (bicyclic) bond motifs is 1. The number of rotatable bonds is 11. The topological polar surface area (TPSA) is 38.3 Å². The number of thiophene rings is 1. The minimum Gasteiger partial charge on any atom is -0.363 e. The maximum Gasteiger partial charge on any atom is 0.270 e. The zero-order valence-electron chi connectivity index (χ0n) is 22.1. The molecule has 0 spiro atoms. The molecule has 39 heavy (non-hydrogen) atoms. The molecule has 2 heterocycles. The van der Waals surface area contributed by atoms with Gasteiger partial charge >= 0.3 is 0 Å².